The van der Waals surface area contributed by atoms with Crippen LogP contribution in [0.4, 0.5) is 15.2 Å². The fraction of sp³-hybridized carbons (Fsp3) is 0.167. The second-order valence-electron chi connectivity index (χ2n) is 5.08. The molecule has 3 aromatic rings. The van der Waals surface area contributed by atoms with Crippen molar-refractivity contribution in [2.75, 3.05) is 26.6 Å². The average molecular weight is 360 g/mol. The number of methoxy groups -OCH3 is 3. The highest BCUT2D eigenvalue weighted by atomic mass is 32.1. The Labute approximate surface area is 149 Å². The van der Waals surface area contributed by atoms with E-state index in [9.17, 15) is 4.39 Å². The van der Waals surface area contributed by atoms with Gasteiger partial charge in [-0.15, -0.1) is 11.3 Å². The van der Waals surface area contributed by atoms with E-state index in [1.807, 2.05) is 5.38 Å². The lowest BCUT2D eigenvalue weighted by Gasteiger charge is -2.14. The van der Waals surface area contributed by atoms with Gasteiger partial charge in [0, 0.05) is 28.8 Å². The van der Waals surface area contributed by atoms with Gasteiger partial charge in [-0.2, -0.15) is 0 Å². The molecule has 1 aromatic heterocycles. The van der Waals surface area contributed by atoms with Crippen LogP contribution in [0.3, 0.4) is 0 Å². The Kier molecular flexibility index (Phi) is 5.04. The zero-order valence-corrected chi connectivity index (χ0v) is 14.8. The van der Waals surface area contributed by atoms with Crippen molar-refractivity contribution in [1.82, 2.24) is 4.98 Å². The monoisotopic (exact) mass is 360 g/mol. The normalized spacial score (nSPS) is 10.4. The second kappa shape index (κ2) is 7.40. The minimum atomic E-state index is -0.269. The molecule has 0 atom stereocenters. The minimum Gasteiger partial charge on any atom is -0.493 e. The summed E-state index contributed by atoms with van der Waals surface area (Å²) >= 11 is 1.45. The van der Waals surface area contributed by atoms with E-state index in [1.54, 1.807) is 45.6 Å². The van der Waals surface area contributed by atoms with Crippen molar-refractivity contribution in [2.45, 2.75) is 0 Å². The number of benzene rings is 2. The van der Waals surface area contributed by atoms with Crippen LogP contribution in [0, 0.1) is 5.82 Å². The molecule has 7 heteroatoms. The van der Waals surface area contributed by atoms with Gasteiger partial charge >= 0.3 is 0 Å². The number of nitrogens with zero attached hydrogens (tertiary/aromatic N) is 1. The molecule has 0 saturated carbocycles. The van der Waals surface area contributed by atoms with Crippen molar-refractivity contribution >= 4 is 22.2 Å². The molecule has 0 radical (unpaired) electrons. The number of hydrogen-bond acceptors (Lipinski definition) is 6. The van der Waals surface area contributed by atoms with E-state index in [4.69, 9.17) is 14.2 Å². The van der Waals surface area contributed by atoms with Gasteiger partial charge in [-0.05, 0) is 24.3 Å². The molecule has 0 aliphatic rings. The van der Waals surface area contributed by atoms with Gasteiger partial charge in [0.15, 0.2) is 16.6 Å². The Bertz CT molecular complexity index is 840. The molecule has 2 aromatic carbocycles. The molecule has 5 nitrogen and oxygen atoms in total. The first-order valence-electron chi connectivity index (χ1n) is 7.43. The van der Waals surface area contributed by atoms with Crippen molar-refractivity contribution < 1.29 is 18.6 Å². The van der Waals surface area contributed by atoms with Crippen LogP contribution >= 0.6 is 11.3 Å². The maximum Gasteiger partial charge on any atom is 0.203 e. The largest absolute Gasteiger partial charge is 0.493 e. The lowest BCUT2D eigenvalue weighted by Crippen LogP contribution is -1.97. The standard InChI is InChI=1S/C18H17FN2O3S/c1-22-15-8-13(9-16(23-2)17(15)24-3)20-18-21-14(10-25-18)11-4-6-12(19)7-5-11/h4-10H,1-3H3,(H,20,21). The highest BCUT2D eigenvalue weighted by molar-refractivity contribution is 7.14. The summed E-state index contributed by atoms with van der Waals surface area (Å²) in [6, 6.07) is 9.85. The molecule has 0 aliphatic carbocycles. The van der Waals surface area contributed by atoms with E-state index in [0.717, 1.165) is 16.9 Å². The molecule has 0 unspecified atom stereocenters. The molecular weight excluding hydrogens is 343 g/mol. The molecule has 0 amide bonds. The number of halogens is 1. The highest BCUT2D eigenvalue weighted by Gasteiger charge is 2.14. The Morgan fingerprint density at radius 3 is 2.16 bits per heavy atom. The number of rotatable bonds is 6. The molecule has 25 heavy (non-hydrogen) atoms. The van der Waals surface area contributed by atoms with Gasteiger partial charge in [-0.1, -0.05) is 0 Å². The van der Waals surface area contributed by atoms with Crippen molar-refractivity contribution in [3.05, 3.63) is 47.6 Å². The summed E-state index contributed by atoms with van der Waals surface area (Å²) in [5, 5.41) is 5.84. The molecule has 0 saturated heterocycles. The number of nitrogens with one attached hydrogen (secondary N) is 1. The van der Waals surface area contributed by atoms with Crippen molar-refractivity contribution in [2.24, 2.45) is 0 Å². The fourth-order valence-electron chi connectivity index (χ4n) is 2.36. The smallest absolute Gasteiger partial charge is 0.203 e. The molecule has 0 spiro atoms. The van der Waals surface area contributed by atoms with Gasteiger partial charge in [0.25, 0.3) is 0 Å². The van der Waals surface area contributed by atoms with Crippen LogP contribution in [0.25, 0.3) is 11.3 Å². The first-order chi connectivity index (χ1) is 12.1. The van der Waals surface area contributed by atoms with Crippen molar-refractivity contribution in [3.63, 3.8) is 0 Å². The number of anilines is 2. The average Bonchev–Trinajstić information content (AvgIpc) is 3.09. The number of hydrogen-bond donors (Lipinski definition) is 1. The molecule has 1 N–H and O–H groups in total. The van der Waals surface area contributed by atoms with E-state index < -0.39 is 0 Å². The number of aromatic nitrogens is 1. The van der Waals surface area contributed by atoms with Crippen LogP contribution in [0.15, 0.2) is 41.8 Å². The molecule has 3 rings (SSSR count). The van der Waals surface area contributed by atoms with Crippen molar-refractivity contribution in [3.8, 4) is 28.5 Å². The zero-order valence-electron chi connectivity index (χ0n) is 14.0. The van der Waals surface area contributed by atoms with Gasteiger partial charge in [0.2, 0.25) is 5.75 Å². The first-order valence-corrected chi connectivity index (χ1v) is 8.31. The van der Waals surface area contributed by atoms with Crippen LogP contribution in [-0.4, -0.2) is 26.3 Å². The van der Waals surface area contributed by atoms with Gasteiger partial charge in [-0.3, -0.25) is 0 Å². The van der Waals surface area contributed by atoms with E-state index >= 15 is 0 Å². The molecule has 0 fully saturated rings. The highest BCUT2D eigenvalue weighted by Crippen LogP contribution is 2.41. The summed E-state index contributed by atoms with van der Waals surface area (Å²) in [6.07, 6.45) is 0. The van der Waals surface area contributed by atoms with E-state index in [-0.39, 0.29) is 5.82 Å². The third-order valence-corrected chi connectivity index (χ3v) is 4.32. The Morgan fingerprint density at radius 1 is 0.960 bits per heavy atom. The minimum absolute atomic E-state index is 0.269. The predicted octanol–water partition coefficient (Wildman–Crippen LogP) is 4.72. The second-order valence-corrected chi connectivity index (χ2v) is 5.94. The maximum absolute atomic E-state index is 13.0. The SMILES string of the molecule is COc1cc(Nc2nc(-c3ccc(F)cc3)cs2)cc(OC)c1OC. The summed E-state index contributed by atoms with van der Waals surface area (Å²) in [5.74, 6) is 1.37. The van der Waals surface area contributed by atoms with Crippen LogP contribution in [0.5, 0.6) is 17.2 Å². The van der Waals surface area contributed by atoms with Gasteiger partial charge in [0.05, 0.1) is 27.0 Å². The first kappa shape index (κ1) is 17.0. The summed E-state index contributed by atoms with van der Waals surface area (Å²) < 4.78 is 29.0. The van der Waals surface area contributed by atoms with E-state index in [1.165, 1.54) is 23.5 Å². The van der Waals surface area contributed by atoms with E-state index in [0.29, 0.717) is 22.4 Å². The van der Waals surface area contributed by atoms with E-state index in [2.05, 4.69) is 10.3 Å². The van der Waals surface area contributed by atoms with Gasteiger partial charge in [0.1, 0.15) is 5.82 Å². The van der Waals surface area contributed by atoms with Gasteiger partial charge < -0.3 is 19.5 Å². The maximum atomic E-state index is 13.0. The van der Waals surface area contributed by atoms with Crippen LogP contribution in [0.2, 0.25) is 0 Å². The van der Waals surface area contributed by atoms with Gasteiger partial charge in [-0.25, -0.2) is 9.37 Å². The Balaban J connectivity index is 1.86. The Hall–Kier alpha value is -2.80. The Morgan fingerprint density at radius 2 is 1.60 bits per heavy atom. The summed E-state index contributed by atoms with van der Waals surface area (Å²) in [6.45, 7) is 0. The summed E-state index contributed by atoms with van der Waals surface area (Å²) in [7, 11) is 4.69. The summed E-state index contributed by atoms with van der Waals surface area (Å²) in [5.41, 5.74) is 2.39. The lowest BCUT2D eigenvalue weighted by atomic mass is 10.2. The lowest BCUT2D eigenvalue weighted by molar-refractivity contribution is 0.324. The number of thiazole rings is 1. The number of ether oxygens (including phenoxy) is 3. The molecule has 0 bridgehead atoms. The third-order valence-electron chi connectivity index (χ3n) is 3.56. The van der Waals surface area contributed by atoms with Crippen molar-refractivity contribution in [1.29, 1.82) is 0 Å². The molecule has 130 valence electrons. The third kappa shape index (κ3) is 3.66. The molecular formula is C18H17FN2O3S. The van der Waals surface area contributed by atoms with Crippen LogP contribution < -0.4 is 19.5 Å². The quantitative estimate of drug-likeness (QED) is 0.689. The van der Waals surface area contributed by atoms with Crippen LogP contribution in [0.1, 0.15) is 0 Å². The fourth-order valence-corrected chi connectivity index (χ4v) is 3.10. The van der Waals surface area contributed by atoms with Crippen LogP contribution in [-0.2, 0) is 0 Å². The molecule has 0 aliphatic heterocycles. The predicted molar refractivity (Wildman–Crippen MR) is 96.9 cm³/mol. The topological polar surface area (TPSA) is 52.6 Å². The zero-order chi connectivity index (χ0) is 17.8. The summed E-state index contributed by atoms with van der Waals surface area (Å²) in [4.78, 5) is 4.53. The molecule has 1 heterocycles.